The molecule has 0 saturated carbocycles. The maximum atomic E-state index is 12.9. The Labute approximate surface area is 201 Å². The van der Waals surface area contributed by atoms with Crippen molar-refractivity contribution in [1.82, 2.24) is 10.2 Å². The van der Waals surface area contributed by atoms with Crippen LogP contribution in [-0.4, -0.2) is 42.1 Å². The van der Waals surface area contributed by atoms with E-state index in [9.17, 15) is 22.8 Å². The van der Waals surface area contributed by atoms with Gasteiger partial charge in [0.15, 0.2) is 0 Å². The van der Waals surface area contributed by atoms with Gasteiger partial charge < -0.3 is 26.6 Å². The highest BCUT2D eigenvalue weighted by atomic mass is 35.5. The number of rotatable bonds is 9. The van der Waals surface area contributed by atoms with Crippen molar-refractivity contribution in [2.45, 2.75) is 38.4 Å². The van der Waals surface area contributed by atoms with E-state index in [1.807, 2.05) is 13.8 Å². The average molecular weight is 500 g/mol. The lowest BCUT2D eigenvalue weighted by Crippen LogP contribution is -2.53. The van der Waals surface area contributed by atoms with Crippen LogP contribution >= 0.6 is 11.6 Å². The minimum absolute atomic E-state index is 0.128. The maximum absolute atomic E-state index is 12.9. The van der Waals surface area contributed by atoms with Crippen LogP contribution in [0.5, 0.6) is 0 Å². The highest BCUT2D eigenvalue weighted by molar-refractivity contribution is 6.30. The van der Waals surface area contributed by atoms with Crippen LogP contribution in [0.2, 0.25) is 5.02 Å². The summed E-state index contributed by atoms with van der Waals surface area (Å²) in [6.45, 7) is 4.29. The lowest BCUT2D eigenvalue weighted by molar-refractivity contribution is -0.137. The summed E-state index contributed by atoms with van der Waals surface area (Å²) in [7, 11) is 0. The topological polar surface area (TPSA) is 99.5 Å². The van der Waals surface area contributed by atoms with Gasteiger partial charge in [0.1, 0.15) is 0 Å². The summed E-state index contributed by atoms with van der Waals surface area (Å²) in [6.07, 6.45) is -3.25. The molecule has 0 atom stereocenters. The van der Waals surface area contributed by atoms with Crippen molar-refractivity contribution < 1.29 is 22.8 Å². The second-order valence-corrected chi connectivity index (χ2v) is 8.32. The second kappa shape index (κ2) is 11.9. The van der Waals surface area contributed by atoms with Gasteiger partial charge >= 0.3 is 18.2 Å². The number of halogens is 4. The van der Waals surface area contributed by atoms with Crippen molar-refractivity contribution in [3.63, 3.8) is 0 Å². The number of carbonyl (C=O) groups excluding carboxylic acids is 2. The van der Waals surface area contributed by atoms with Gasteiger partial charge in [0, 0.05) is 41.6 Å². The zero-order chi connectivity index (χ0) is 25.4. The molecule has 0 aromatic heterocycles. The molecule has 0 fully saturated rings. The molecule has 0 aliphatic heterocycles. The van der Waals surface area contributed by atoms with Crippen molar-refractivity contribution in [3.8, 4) is 0 Å². The molecule has 0 heterocycles. The molecule has 0 saturated heterocycles. The SMILES string of the molecule is CCC(N)(CC)CN(CCNC(=O)Nc1ccc(Cl)cc1)C(=O)Nc1ccc(C(F)(F)F)cc1. The molecule has 0 aliphatic rings. The third kappa shape index (κ3) is 8.42. The zero-order valence-electron chi connectivity index (χ0n) is 19.0. The van der Waals surface area contributed by atoms with E-state index in [-0.39, 0.29) is 25.3 Å². The first-order valence-corrected chi connectivity index (χ1v) is 11.2. The van der Waals surface area contributed by atoms with Gasteiger partial charge in [-0.15, -0.1) is 0 Å². The third-order valence-corrected chi connectivity index (χ3v) is 5.69. The van der Waals surface area contributed by atoms with Gasteiger partial charge in [0.25, 0.3) is 0 Å². The Balaban J connectivity index is 2.01. The summed E-state index contributed by atoms with van der Waals surface area (Å²) in [6, 6.07) is 9.75. The van der Waals surface area contributed by atoms with Gasteiger partial charge in [-0.25, -0.2) is 9.59 Å². The van der Waals surface area contributed by atoms with Crippen molar-refractivity contribution in [2.75, 3.05) is 30.3 Å². The lowest BCUT2D eigenvalue weighted by Gasteiger charge is -2.34. The van der Waals surface area contributed by atoms with Gasteiger partial charge in [0.05, 0.1) is 5.56 Å². The van der Waals surface area contributed by atoms with Crippen molar-refractivity contribution in [3.05, 3.63) is 59.1 Å². The number of anilines is 2. The molecule has 7 nitrogen and oxygen atoms in total. The minimum Gasteiger partial charge on any atom is -0.336 e. The number of carbonyl (C=O) groups is 2. The predicted octanol–water partition coefficient (Wildman–Crippen LogP) is 5.53. The van der Waals surface area contributed by atoms with E-state index in [4.69, 9.17) is 17.3 Å². The van der Waals surface area contributed by atoms with Gasteiger partial charge in [-0.2, -0.15) is 13.2 Å². The summed E-state index contributed by atoms with van der Waals surface area (Å²) >= 11 is 5.83. The van der Waals surface area contributed by atoms with E-state index in [1.165, 1.54) is 17.0 Å². The molecular weight excluding hydrogens is 471 g/mol. The van der Waals surface area contributed by atoms with Crippen molar-refractivity contribution in [1.29, 1.82) is 0 Å². The van der Waals surface area contributed by atoms with E-state index < -0.39 is 29.3 Å². The molecule has 34 heavy (non-hydrogen) atoms. The molecular formula is C23H29ClF3N5O2. The van der Waals surface area contributed by atoms with E-state index >= 15 is 0 Å². The smallest absolute Gasteiger partial charge is 0.336 e. The first-order valence-electron chi connectivity index (χ1n) is 10.8. The fraction of sp³-hybridized carbons (Fsp3) is 0.391. The summed E-state index contributed by atoms with van der Waals surface area (Å²) in [4.78, 5) is 26.5. The van der Waals surface area contributed by atoms with Crippen LogP contribution in [0.4, 0.5) is 34.1 Å². The van der Waals surface area contributed by atoms with Crippen LogP contribution < -0.4 is 21.7 Å². The Morgan fingerprint density at radius 3 is 2.00 bits per heavy atom. The van der Waals surface area contributed by atoms with Crippen LogP contribution in [-0.2, 0) is 6.18 Å². The second-order valence-electron chi connectivity index (χ2n) is 7.88. The van der Waals surface area contributed by atoms with Crippen LogP contribution in [0, 0.1) is 0 Å². The van der Waals surface area contributed by atoms with Gasteiger partial charge in [-0.3, -0.25) is 0 Å². The Hall–Kier alpha value is -2.98. The number of alkyl halides is 3. The van der Waals surface area contributed by atoms with E-state index in [0.29, 0.717) is 23.6 Å². The standard InChI is InChI=1S/C23H29ClF3N5O2/c1-3-22(28,4-2)15-32(14-13-29-20(33)30-18-11-7-17(24)8-12-18)21(34)31-19-9-5-16(6-10-19)23(25,26)27/h5-12H,3-4,13-15,28H2,1-2H3,(H,31,34)(H2,29,30,33). The Morgan fingerprint density at radius 1 is 0.941 bits per heavy atom. The Kier molecular flexibility index (Phi) is 9.57. The largest absolute Gasteiger partial charge is 0.416 e. The molecule has 0 aliphatic carbocycles. The summed E-state index contributed by atoms with van der Waals surface area (Å²) in [5.41, 5.74) is 5.69. The highest BCUT2D eigenvalue weighted by Gasteiger charge is 2.30. The predicted molar refractivity (Wildman–Crippen MR) is 128 cm³/mol. The number of amides is 4. The molecule has 2 aromatic rings. The number of hydrogen-bond donors (Lipinski definition) is 4. The monoisotopic (exact) mass is 499 g/mol. The van der Waals surface area contributed by atoms with Crippen molar-refractivity contribution >= 4 is 35.0 Å². The molecule has 11 heteroatoms. The highest BCUT2D eigenvalue weighted by Crippen LogP contribution is 2.29. The lowest BCUT2D eigenvalue weighted by atomic mass is 9.93. The molecule has 5 N–H and O–H groups in total. The van der Waals surface area contributed by atoms with Gasteiger partial charge in [0.2, 0.25) is 0 Å². The van der Waals surface area contributed by atoms with E-state index in [2.05, 4.69) is 16.0 Å². The number of nitrogens with two attached hydrogens (primary N) is 1. The molecule has 0 unspecified atom stereocenters. The fourth-order valence-corrected chi connectivity index (χ4v) is 3.19. The van der Waals surface area contributed by atoms with Crippen LogP contribution in [0.3, 0.4) is 0 Å². The molecule has 0 radical (unpaired) electrons. The molecule has 4 amide bonds. The Bertz CT molecular complexity index is 949. The van der Waals surface area contributed by atoms with Gasteiger partial charge in [-0.05, 0) is 61.4 Å². The number of hydrogen-bond acceptors (Lipinski definition) is 3. The number of nitrogens with one attached hydrogen (secondary N) is 3. The third-order valence-electron chi connectivity index (χ3n) is 5.43. The quantitative estimate of drug-likeness (QED) is 0.365. The summed E-state index contributed by atoms with van der Waals surface area (Å²) < 4.78 is 38.3. The van der Waals surface area contributed by atoms with Crippen LogP contribution in [0.1, 0.15) is 32.3 Å². The number of nitrogens with zero attached hydrogens (tertiary/aromatic N) is 1. The van der Waals surface area contributed by atoms with E-state index in [0.717, 1.165) is 12.1 Å². The minimum atomic E-state index is -4.46. The Morgan fingerprint density at radius 2 is 1.47 bits per heavy atom. The molecule has 186 valence electrons. The van der Waals surface area contributed by atoms with Crippen LogP contribution in [0.25, 0.3) is 0 Å². The summed E-state index contributed by atoms with van der Waals surface area (Å²) in [5, 5.41) is 8.46. The first-order chi connectivity index (χ1) is 16.0. The average Bonchev–Trinajstić information content (AvgIpc) is 2.79. The van der Waals surface area contributed by atoms with Crippen LogP contribution in [0.15, 0.2) is 48.5 Å². The number of urea groups is 2. The van der Waals surface area contributed by atoms with Crippen molar-refractivity contribution in [2.24, 2.45) is 5.73 Å². The summed E-state index contributed by atoms with van der Waals surface area (Å²) in [5.74, 6) is 0. The molecule has 2 aromatic carbocycles. The maximum Gasteiger partial charge on any atom is 0.416 e. The zero-order valence-corrected chi connectivity index (χ0v) is 19.8. The van der Waals surface area contributed by atoms with Gasteiger partial charge in [-0.1, -0.05) is 25.4 Å². The molecule has 0 bridgehead atoms. The first kappa shape index (κ1) is 27.3. The normalized spacial score (nSPS) is 11.6. The molecule has 2 rings (SSSR count). The van der Waals surface area contributed by atoms with E-state index in [1.54, 1.807) is 24.3 Å². The fourth-order valence-electron chi connectivity index (χ4n) is 3.06. The molecule has 0 spiro atoms. The number of benzene rings is 2.